The van der Waals surface area contributed by atoms with Crippen LogP contribution in [0.25, 0.3) is 0 Å². The quantitative estimate of drug-likeness (QED) is 0.601. The van der Waals surface area contributed by atoms with Crippen LogP contribution in [0.3, 0.4) is 0 Å². The number of unbranched alkanes of at least 4 members (excludes halogenated alkanes) is 1. The second-order valence-electron chi connectivity index (χ2n) is 5.68. The Morgan fingerprint density at radius 2 is 1.87 bits per heavy atom. The average Bonchev–Trinajstić information content (AvgIpc) is 2.50. The molecule has 0 unspecified atom stereocenters. The zero-order valence-corrected chi connectivity index (χ0v) is 14.0. The van der Waals surface area contributed by atoms with Crippen LogP contribution in [0.1, 0.15) is 36.0 Å². The second-order valence-corrected chi connectivity index (χ2v) is 5.68. The summed E-state index contributed by atoms with van der Waals surface area (Å²) in [6, 6.07) is 3.02. The summed E-state index contributed by atoms with van der Waals surface area (Å²) >= 11 is 0. The Hall–Kier alpha value is -2.08. The van der Waals surface area contributed by atoms with Crippen molar-refractivity contribution in [3.05, 3.63) is 28.8 Å². The molecule has 0 fully saturated rings. The second kappa shape index (κ2) is 9.15. The van der Waals surface area contributed by atoms with Gasteiger partial charge in [-0.3, -0.25) is 4.79 Å². The molecule has 0 aromatic heterocycles. The topological polar surface area (TPSA) is 102 Å². The number of nitrogens with two attached hydrogens (primary N) is 1. The Bertz CT molecular complexity index is 558. The summed E-state index contributed by atoms with van der Waals surface area (Å²) in [5.74, 6) is -0.807. The van der Waals surface area contributed by atoms with Gasteiger partial charge in [0.05, 0.1) is 0 Å². The van der Waals surface area contributed by atoms with Gasteiger partial charge >= 0.3 is 5.97 Å². The van der Waals surface area contributed by atoms with Gasteiger partial charge in [0, 0.05) is 0 Å². The molecule has 1 aromatic carbocycles. The highest BCUT2D eigenvalue weighted by molar-refractivity contribution is 5.84. The van der Waals surface area contributed by atoms with Crippen LogP contribution in [0.2, 0.25) is 0 Å². The molecular formula is C17H26N2O4. The van der Waals surface area contributed by atoms with E-state index >= 15 is 0 Å². The third kappa shape index (κ3) is 5.90. The lowest BCUT2D eigenvalue weighted by Gasteiger charge is -2.16. The van der Waals surface area contributed by atoms with Crippen molar-refractivity contribution in [3.63, 3.8) is 0 Å². The summed E-state index contributed by atoms with van der Waals surface area (Å²) in [6.45, 7) is 6.12. The molecule has 1 atom stereocenters. The predicted molar refractivity (Wildman–Crippen MR) is 88.6 cm³/mol. The van der Waals surface area contributed by atoms with Gasteiger partial charge in [0.25, 0.3) is 5.91 Å². The lowest BCUT2D eigenvalue weighted by molar-refractivity contribution is -0.142. The molecule has 128 valence electrons. The third-order valence-corrected chi connectivity index (χ3v) is 3.80. The maximum Gasteiger partial charge on any atom is 0.326 e. The Labute approximate surface area is 137 Å². The molecule has 0 aliphatic rings. The summed E-state index contributed by atoms with van der Waals surface area (Å²) in [7, 11) is 0. The number of amides is 1. The standard InChI is InChI=1S/C17H26N2O4/c1-11-7-8-12(2)16(13(11)3)23-10-15(20)19-14(17(21)22)6-4-5-9-18/h7-8,14H,4-6,9-10,18H2,1-3H3,(H,19,20)(H,21,22)/t14-/m0/s1. The SMILES string of the molecule is Cc1ccc(C)c(OCC(=O)N[C@@H](CCCCN)C(=O)O)c1C. The molecule has 0 aliphatic carbocycles. The first-order valence-corrected chi connectivity index (χ1v) is 7.78. The molecule has 0 spiro atoms. The van der Waals surface area contributed by atoms with Crippen LogP contribution < -0.4 is 15.8 Å². The first-order chi connectivity index (χ1) is 10.9. The largest absolute Gasteiger partial charge is 0.483 e. The molecule has 0 saturated carbocycles. The minimum absolute atomic E-state index is 0.203. The fourth-order valence-corrected chi connectivity index (χ4v) is 2.27. The van der Waals surface area contributed by atoms with Crippen molar-refractivity contribution in [2.24, 2.45) is 5.73 Å². The Kier molecular flexibility index (Phi) is 7.54. The van der Waals surface area contributed by atoms with Crippen molar-refractivity contribution in [1.82, 2.24) is 5.32 Å². The number of carbonyl (C=O) groups is 2. The van der Waals surface area contributed by atoms with E-state index in [0.29, 0.717) is 25.1 Å². The van der Waals surface area contributed by atoms with Gasteiger partial charge in [0.2, 0.25) is 0 Å². The molecule has 1 amide bonds. The van der Waals surface area contributed by atoms with Crippen LogP contribution in [-0.4, -0.2) is 36.2 Å². The van der Waals surface area contributed by atoms with Gasteiger partial charge in [-0.25, -0.2) is 4.79 Å². The number of carboxylic acid groups (broad SMARTS) is 1. The van der Waals surface area contributed by atoms with Gasteiger partial charge in [-0.15, -0.1) is 0 Å². The molecule has 1 aromatic rings. The molecule has 6 heteroatoms. The van der Waals surface area contributed by atoms with Crippen LogP contribution in [0.4, 0.5) is 0 Å². The van der Waals surface area contributed by atoms with E-state index in [1.165, 1.54) is 0 Å². The molecule has 0 aliphatic heterocycles. The summed E-state index contributed by atoms with van der Waals surface area (Å²) in [4.78, 5) is 23.1. The van der Waals surface area contributed by atoms with E-state index in [4.69, 9.17) is 15.6 Å². The number of carbonyl (C=O) groups excluding carboxylic acids is 1. The Morgan fingerprint density at radius 1 is 1.22 bits per heavy atom. The normalized spacial score (nSPS) is 11.8. The predicted octanol–water partition coefficient (Wildman–Crippen LogP) is 1.69. The number of benzene rings is 1. The highest BCUT2D eigenvalue weighted by Gasteiger charge is 2.20. The smallest absolute Gasteiger partial charge is 0.326 e. The number of carboxylic acids is 1. The van der Waals surface area contributed by atoms with Crippen LogP contribution in [0, 0.1) is 20.8 Å². The number of hydrogen-bond donors (Lipinski definition) is 3. The van der Waals surface area contributed by atoms with Crippen molar-refractivity contribution in [1.29, 1.82) is 0 Å². The first-order valence-electron chi connectivity index (χ1n) is 7.78. The van der Waals surface area contributed by atoms with Crippen molar-refractivity contribution in [3.8, 4) is 5.75 Å². The average molecular weight is 322 g/mol. The summed E-state index contributed by atoms with van der Waals surface area (Å²) < 4.78 is 5.59. The lowest BCUT2D eigenvalue weighted by Crippen LogP contribution is -2.43. The number of rotatable bonds is 9. The molecule has 4 N–H and O–H groups in total. The van der Waals surface area contributed by atoms with E-state index in [1.54, 1.807) is 0 Å². The highest BCUT2D eigenvalue weighted by atomic mass is 16.5. The van der Waals surface area contributed by atoms with Crippen LogP contribution in [0.15, 0.2) is 12.1 Å². The highest BCUT2D eigenvalue weighted by Crippen LogP contribution is 2.25. The van der Waals surface area contributed by atoms with Crippen molar-refractivity contribution < 1.29 is 19.4 Å². The number of ether oxygens (including phenoxy) is 1. The van der Waals surface area contributed by atoms with E-state index < -0.39 is 17.9 Å². The fraction of sp³-hybridized carbons (Fsp3) is 0.529. The molecular weight excluding hydrogens is 296 g/mol. The summed E-state index contributed by atoms with van der Waals surface area (Å²) in [5, 5.41) is 11.6. The number of aliphatic carboxylic acids is 1. The molecule has 23 heavy (non-hydrogen) atoms. The summed E-state index contributed by atoms with van der Waals surface area (Å²) in [5.41, 5.74) is 8.39. The van der Waals surface area contributed by atoms with Crippen LogP contribution >= 0.6 is 0 Å². The van der Waals surface area contributed by atoms with Crippen LogP contribution in [0.5, 0.6) is 5.75 Å². The molecule has 1 rings (SSSR count). The van der Waals surface area contributed by atoms with Gasteiger partial charge < -0.3 is 20.9 Å². The fourth-order valence-electron chi connectivity index (χ4n) is 2.27. The van der Waals surface area contributed by atoms with Gasteiger partial charge in [-0.2, -0.15) is 0 Å². The van der Waals surface area contributed by atoms with Crippen molar-refractivity contribution >= 4 is 11.9 Å². The zero-order chi connectivity index (χ0) is 17.4. The van der Waals surface area contributed by atoms with Gasteiger partial charge in [-0.05, 0) is 63.3 Å². The van der Waals surface area contributed by atoms with E-state index in [2.05, 4.69) is 5.32 Å². The molecule has 0 heterocycles. The summed E-state index contributed by atoms with van der Waals surface area (Å²) in [6.07, 6.45) is 1.75. The van der Waals surface area contributed by atoms with Crippen molar-refractivity contribution in [2.75, 3.05) is 13.2 Å². The maximum absolute atomic E-state index is 11.9. The Balaban J connectivity index is 2.59. The number of nitrogens with one attached hydrogen (secondary N) is 1. The van der Waals surface area contributed by atoms with Crippen LogP contribution in [-0.2, 0) is 9.59 Å². The molecule has 0 radical (unpaired) electrons. The molecule has 6 nitrogen and oxygen atoms in total. The van der Waals surface area contributed by atoms with E-state index in [9.17, 15) is 9.59 Å². The lowest BCUT2D eigenvalue weighted by atomic mass is 10.1. The maximum atomic E-state index is 11.9. The third-order valence-electron chi connectivity index (χ3n) is 3.80. The first kappa shape index (κ1) is 19.0. The number of hydrogen-bond acceptors (Lipinski definition) is 4. The van der Waals surface area contributed by atoms with Gasteiger partial charge in [-0.1, -0.05) is 12.1 Å². The minimum Gasteiger partial charge on any atom is -0.483 e. The number of aryl methyl sites for hydroxylation is 2. The van der Waals surface area contributed by atoms with Gasteiger partial charge in [0.1, 0.15) is 11.8 Å². The Morgan fingerprint density at radius 3 is 2.48 bits per heavy atom. The minimum atomic E-state index is -1.04. The van der Waals surface area contributed by atoms with E-state index in [-0.39, 0.29) is 6.61 Å². The zero-order valence-electron chi connectivity index (χ0n) is 14.0. The van der Waals surface area contributed by atoms with Gasteiger partial charge in [0.15, 0.2) is 6.61 Å². The van der Waals surface area contributed by atoms with Crippen molar-refractivity contribution in [2.45, 2.75) is 46.1 Å². The van der Waals surface area contributed by atoms with E-state index in [0.717, 1.165) is 23.1 Å². The monoisotopic (exact) mass is 322 g/mol. The van der Waals surface area contributed by atoms with E-state index in [1.807, 2.05) is 32.9 Å². The molecule has 0 bridgehead atoms. The molecule has 0 saturated heterocycles.